The van der Waals surface area contributed by atoms with Gasteiger partial charge in [-0.1, -0.05) is 77.8 Å². The van der Waals surface area contributed by atoms with E-state index in [1.165, 1.54) is 16.7 Å². The van der Waals surface area contributed by atoms with Crippen LogP contribution in [0.25, 0.3) is 28.1 Å². The van der Waals surface area contributed by atoms with Gasteiger partial charge in [-0.2, -0.15) is 5.10 Å². The van der Waals surface area contributed by atoms with Gasteiger partial charge in [0, 0.05) is 22.7 Å². The van der Waals surface area contributed by atoms with E-state index >= 15 is 0 Å². The quantitative estimate of drug-likeness (QED) is 0.368. The normalized spacial score (nSPS) is 13.4. The van der Waals surface area contributed by atoms with E-state index in [4.69, 9.17) is 28.3 Å². The van der Waals surface area contributed by atoms with Crippen LogP contribution in [-0.2, 0) is 6.42 Å². The molecule has 0 unspecified atom stereocenters. The summed E-state index contributed by atoms with van der Waals surface area (Å²) in [5.74, 6) is 1.03. The highest BCUT2D eigenvalue weighted by atomic mass is 35.5. The fourth-order valence-electron chi connectivity index (χ4n) is 4.01. The van der Waals surface area contributed by atoms with Crippen molar-refractivity contribution in [1.82, 2.24) is 9.78 Å². The Hall–Kier alpha value is -2.75. The summed E-state index contributed by atoms with van der Waals surface area (Å²) in [6.45, 7) is 0.927. The molecular weight excluding hydrogens is 413 g/mol. The van der Waals surface area contributed by atoms with Crippen molar-refractivity contribution < 1.29 is 0 Å². The highest BCUT2D eigenvalue weighted by Crippen LogP contribution is 2.36. The number of benzene rings is 3. The highest BCUT2D eigenvalue weighted by molar-refractivity contribution is 6.35. The van der Waals surface area contributed by atoms with Gasteiger partial charge in [0.05, 0.1) is 16.4 Å². The summed E-state index contributed by atoms with van der Waals surface area (Å²) in [5.41, 5.74) is 6.60. The van der Waals surface area contributed by atoms with Gasteiger partial charge in [0.25, 0.3) is 0 Å². The third kappa shape index (κ3) is 3.60. The molecule has 0 saturated carbocycles. The molecule has 150 valence electrons. The minimum Gasteiger partial charge on any atom is -0.370 e. The molecule has 0 radical (unpaired) electrons. The lowest BCUT2D eigenvalue weighted by molar-refractivity contribution is 0.780. The number of anilines is 1. The van der Waals surface area contributed by atoms with Crippen molar-refractivity contribution in [2.24, 2.45) is 0 Å². The first kappa shape index (κ1) is 19.2. The van der Waals surface area contributed by atoms with Crippen LogP contribution in [0.2, 0.25) is 10.0 Å². The van der Waals surface area contributed by atoms with Gasteiger partial charge in [-0.05, 0) is 48.6 Å². The molecule has 2 heterocycles. The van der Waals surface area contributed by atoms with Crippen LogP contribution < -0.4 is 5.32 Å². The number of fused-ring (bicyclic) bond motifs is 1. The third-order valence-electron chi connectivity index (χ3n) is 5.53. The van der Waals surface area contributed by atoms with Crippen molar-refractivity contribution in [3.63, 3.8) is 0 Å². The molecule has 30 heavy (non-hydrogen) atoms. The minimum absolute atomic E-state index is 0.588. The number of halogens is 2. The standard InChI is InChI=1S/C25H21Cl2N3/c26-20-13-14-23(22(27)16-20)30-25-21(8-4-5-15-28-25)24(29-30)19-11-9-18(10-12-19)17-6-2-1-3-7-17/h1-3,6-7,9-14,16,28H,4-5,8,15H2. The van der Waals surface area contributed by atoms with E-state index in [1.54, 1.807) is 6.07 Å². The second kappa shape index (κ2) is 8.17. The average molecular weight is 434 g/mol. The summed E-state index contributed by atoms with van der Waals surface area (Å²) in [6.07, 6.45) is 3.26. The van der Waals surface area contributed by atoms with Crippen LogP contribution in [0.5, 0.6) is 0 Å². The van der Waals surface area contributed by atoms with Gasteiger partial charge >= 0.3 is 0 Å². The minimum atomic E-state index is 0.588. The molecule has 1 aliphatic heterocycles. The molecule has 0 fully saturated rings. The fourth-order valence-corrected chi connectivity index (χ4v) is 4.50. The first-order chi connectivity index (χ1) is 14.7. The van der Waals surface area contributed by atoms with Crippen molar-refractivity contribution in [3.05, 3.63) is 88.4 Å². The van der Waals surface area contributed by atoms with Crippen LogP contribution in [0.4, 0.5) is 5.82 Å². The van der Waals surface area contributed by atoms with E-state index < -0.39 is 0 Å². The Morgan fingerprint density at radius 2 is 1.53 bits per heavy atom. The summed E-state index contributed by atoms with van der Waals surface area (Å²) in [5, 5.41) is 9.77. The average Bonchev–Trinajstić information content (AvgIpc) is 2.95. The van der Waals surface area contributed by atoms with Crippen molar-refractivity contribution in [2.75, 3.05) is 11.9 Å². The topological polar surface area (TPSA) is 29.9 Å². The van der Waals surface area contributed by atoms with Crippen LogP contribution in [0, 0.1) is 0 Å². The molecule has 5 rings (SSSR count). The molecule has 0 saturated heterocycles. The molecule has 3 nitrogen and oxygen atoms in total. The lowest BCUT2D eigenvalue weighted by Gasteiger charge is -2.10. The number of nitrogens with one attached hydrogen (secondary N) is 1. The van der Waals surface area contributed by atoms with E-state index in [2.05, 4.69) is 53.8 Å². The molecule has 0 aliphatic carbocycles. The molecule has 3 aromatic carbocycles. The van der Waals surface area contributed by atoms with Gasteiger partial charge in [0.2, 0.25) is 0 Å². The van der Waals surface area contributed by atoms with Gasteiger partial charge in [-0.15, -0.1) is 0 Å². The first-order valence-electron chi connectivity index (χ1n) is 10.2. The maximum Gasteiger partial charge on any atom is 0.133 e. The van der Waals surface area contributed by atoms with E-state index in [1.807, 2.05) is 22.9 Å². The van der Waals surface area contributed by atoms with Gasteiger partial charge in [0.1, 0.15) is 5.82 Å². The maximum absolute atomic E-state index is 6.52. The molecule has 1 N–H and O–H groups in total. The summed E-state index contributed by atoms with van der Waals surface area (Å²) in [4.78, 5) is 0. The predicted molar refractivity (Wildman–Crippen MR) is 126 cm³/mol. The largest absolute Gasteiger partial charge is 0.370 e. The smallest absolute Gasteiger partial charge is 0.133 e. The van der Waals surface area contributed by atoms with E-state index in [-0.39, 0.29) is 0 Å². The molecule has 5 heteroatoms. The van der Waals surface area contributed by atoms with Gasteiger partial charge in [-0.3, -0.25) is 0 Å². The Balaban J connectivity index is 1.61. The molecule has 0 atom stereocenters. The zero-order chi connectivity index (χ0) is 20.5. The van der Waals surface area contributed by atoms with Crippen molar-refractivity contribution in [1.29, 1.82) is 0 Å². The Morgan fingerprint density at radius 1 is 0.800 bits per heavy atom. The fraction of sp³-hybridized carbons (Fsp3) is 0.160. The van der Waals surface area contributed by atoms with Crippen LogP contribution >= 0.6 is 23.2 Å². The highest BCUT2D eigenvalue weighted by Gasteiger charge is 2.22. The number of hydrogen-bond donors (Lipinski definition) is 1. The lowest BCUT2D eigenvalue weighted by Crippen LogP contribution is -2.07. The predicted octanol–water partition coefficient (Wildman–Crippen LogP) is 7.26. The van der Waals surface area contributed by atoms with E-state index in [0.717, 1.165) is 48.6 Å². The van der Waals surface area contributed by atoms with E-state index in [0.29, 0.717) is 10.0 Å². The molecule has 1 aromatic heterocycles. The van der Waals surface area contributed by atoms with Crippen LogP contribution in [0.3, 0.4) is 0 Å². The Labute approximate surface area is 186 Å². The van der Waals surface area contributed by atoms with Crippen molar-refractivity contribution >= 4 is 29.0 Å². The molecule has 0 spiro atoms. The number of rotatable bonds is 3. The lowest BCUT2D eigenvalue weighted by atomic mass is 10.00. The molecular formula is C25H21Cl2N3. The van der Waals surface area contributed by atoms with Crippen molar-refractivity contribution in [3.8, 4) is 28.1 Å². The Morgan fingerprint density at radius 3 is 2.30 bits per heavy atom. The number of aromatic nitrogens is 2. The second-order valence-electron chi connectivity index (χ2n) is 7.51. The van der Waals surface area contributed by atoms with Gasteiger partial charge < -0.3 is 5.32 Å². The zero-order valence-electron chi connectivity index (χ0n) is 16.4. The molecule has 1 aliphatic rings. The SMILES string of the molecule is Clc1ccc(-n2nc(-c3ccc(-c4ccccc4)cc3)c3c2NCCCC3)c(Cl)c1. The van der Waals surface area contributed by atoms with Crippen LogP contribution in [0.15, 0.2) is 72.8 Å². The third-order valence-corrected chi connectivity index (χ3v) is 6.07. The van der Waals surface area contributed by atoms with Crippen LogP contribution in [0.1, 0.15) is 18.4 Å². The summed E-state index contributed by atoms with van der Waals surface area (Å²) >= 11 is 12.6. The Kier molecular flexibility index (Phi) is 5.24. The van der Waals surface area contributed by atoms with Crippen LogP contribution in [-0.4, -0.2) is 16.3 Å². The maximum atomic E-state index is 6.52. The monoisotopic (exact) mass is 433 g/mol. The van der Waals surface area contributed by atoms with Gasteiger partial charge in [-0.25, -0.2) is 4.68 Å². The summed E-state index contributed by atoms with van der Waals surface area (Å²) in [7, 11) is 0. The first-order valence-corrected chi connectivity index (χ1v) is 10.9. The number of hydrogen-bond acceptors (Lipinski definition) is 2. The summed E-state index contributed by atoms with van der Waals surface area (Å²) in [6, 6.07) is 24.6. The van der Waals surface area contributed by atoms with Gasteiger partial charge in [0.15, 0.2) is 0 Å². The summed E-state index contributed by atoms with van der Waals surface area (Å²) < 4.78 is 1.93. The molecule has 0 amide bonds. The second-order valence-corrected chi connectivity index (χ2v) is 8.35. The molecule has 4 aromatic rings. The van der Waals surface area contributed by atoms with E-state index in [9.17, 15) is 0 Å². The Bertz CT molecular complexity index is 1180. The van der Waals surface area contributed by atoms with Crippen molar-refractivity contribution in [2.45, 2.75) is 19.3 Å². The molecule has 0 bridgehead atoms. The number of nitrogens with zero attached hydrogens (tertiary/aromatic N) is 2. The zero-order valence-corrected chi connectivity index (χ0v) is 17.9.